The first-order chi connectivity index (χ1) is 8.24. The molecule has 1 aromatic rings. The lowest BCUT2D eigenvalue weighted by atomic mass is 10.1. The van der Waals surface area contributed by atoms with Crippen molar-refractivity contribution in [1.82, 2.24) is 0 Å². The van der Waals surface area contributed by atoms with Gasteiger partial charge in [-0.25, -0.2) is 0 Å². The summed E-state index contributed by atoms with van der Waals surface area (Å²) in [6, 6.07) is 3.09. The van der Waals surface area contributed by atoms with E-state index in [-0.39, 0.29) is 19.1 Å². The molecule has 0 saturated heterocycles. The van der Waals surface area contributed by atoms with E-state index in [1.807, 2.05) is 0 Å². The Hall–Kier alpha value is -2.01. The Bertz CT molecular complexity index is 464. The van der Waals surface area contributed by atoms with Crippen molar-refractivity contribution in [3.63, 3.8) is 0 Å². The molecule has 0 amide bonds. The van der Waals surface area contributed by atoms with Gasteiger partial charge in [0.05, 0.1) is 5.56 Å². The highest BCUT2D eigenvalue weighted by Crippen LogP contribution is 2.37. The van der Waals surface area contributed by atoms with E-state index in [2.05, 4.69) is 0 Å². The van der Waals surface area contributed by atoms with Crippen molar-refractivity contribution in [3.8, 4) is 17.2 Å². The molecule has 0 atom stereocenters. The van der Waals surface area contributed by atoms with Crippen LogP contribution in [0.2, 0.25) is 0 Å². The van der Waals surface area contributed by atoms with Gasteiger partial charge in [0.25, 0.3) is 0 Å². The van der Waals surface area contributed by atoms with Crippen LogP contribution in [0.15, 0.2) is 17.7 Å². The van der Waals surface area contributed by atoms with Gasteiger partial charge < -0.3 is 19.3 Å². The van der Waals surface area contributed by atoms with Crippen LogP contribution in [0.3, 0.4) is 0 Å². The highest BCUT2D eigenvalue weighted by molar-refractivity contribution is 5.85. The number of rotatable bonds is 4. The molecule has 2 rings (SSSR count). The molecule has 0 unspecified atom stereocenters. The predicted octanol–water partition coefficient (Wildman–Crippen LogP) is 1.35. The third-order valence-corrected chi connectivity index (χ3v) is 2.31. The van der Waals surface area contributed by atoms with Gasteiger partial charge in [0.15, 0.2) is 6.79 Å². The van der Waals surface area contributed by atoms with Crippen LogP contribution in [0.1, 0.15) is 5.56 Å². The molecule has 0 bridgehead atoms. The minimum Gasteiger partial charge on any atom is -0.507 e. The van der Waals surface area contributed by atoms with Gasteiger partial charge in [-0.15, -0.1) is 0 Å². The number of phenols is 1. The van der Waals surface area contributed by atoms with E-state index in [9.17, 15) is 9.90 Å². The van der Waals surface area contributed by atoms with Crippen LogP contribution in [0.25, 0.3) is 6.08 Å². The molecule has 17 heavy (non-hydrogen) atoms. The molecule has 0 saturated carbocycles. The van der Waals surface area contributed by atoms with Crippen molar-refractivity contribution in [2.75, 3.05) is 20.5 Å². The average molecular weight is 236 g/mol. The zero-order chi connectivity index (χ0) is 12.3. The fraction of sp³-hybridized carbons (Fsp3) is 0.250. The van der Waals surface area contributed by atoms with Gasteiger partial charge in [0, 0.05) is 24.8 Å². The van der Waals surface area contributed by atoms with Gasteiger partial charge in [-0.1, -0.05) is 0 Å². The summed E-state index contributed by atoms with van der Waals surface area (Å²) in [6.07, 6.45) is 2.30. The number of carbonyl (C=O) groups excluding carboxylic acids is 1. The van der Waals surface area contributed by atoms with Gasteiger partial charge in [-0.2, -0.15) is 0 Å². The number of phenolic OH excluding ortho intramolecular Hbond substituents is 1. The molecule has 1 aliphatic heterocycles. The fourth-order valence-corrected chi connectivity index (χ4v) is 1.52. The van der Waals surface area contributed by atoms with E-state index < -0.39 is 0 Å². The lowest BCUT2D eigenvalue weighted by Crippen LogP contribution is -2.08. The Morgan fingerprint density at radius 3 is 3.06 bits per heavy atom. The van der Waals surface area contributed by atoms with Gasteiger partial charge in [0.2, 0.25) is 0 Å². The molecule has 0 fully saturated rings. The number of fused-ring (bicyclic) bond motifs is 1. The number of carbonyl (C=O) groups is 1. The second-order valence-electron chi connectivity index (χ2n) is 3.53. The molecule has 1 aromatic carbocycles. The smallest absolute Gasteiger partial charge is 0.188 e. The van der Waals surface area contributed by atoms with Crippen molar-refractivity contribution in [2.45, 2.75) is 0 Å². The standard InChI is InChI=1S/C12H12O5/c1-15-7-17-9-3-11(14)10-2-8(5-13)6-16-12(10)4-9/h2-5,14H,6-7H2,1H3. The van der Waals surface area contributed by atoms with Crippen molar-refractivity contribution in [1.29, 1.82) is 0 Å². The number of methoxy groups -OCH3 is 1. The summed E-state index contributed by atoms with van der Waals surface area (Å²) >= 11 is 0. The quantitative estimate of drug-likeness (QED) is 0.631. The van der Waals surface area contributed by atoms with E-state index in [0.717, 1.165) is 0 Å². The zero-order valence-corrected chi connectivity index (χ0v) is 9.30. The lowest BCUT2D eigenvalue weighted by Gasteiger charge is -2.17. The van der Waals surface area contributed by atoms with E-state index in [4.69, 9.17) is 14.2 Å². The van der Waals surface area contributed by atoms with Gasteiger partial charge in [-0.05, 0) is 6.08 Å². The molecule has 0 aromatic heterocycles. The highest BCUT2D eigenvalue weighted by Gasteiger charge is 2.16. The van der Waals surface area contributed by atoms with Gasteiger partial charge in [-0.3, -0.25) is 4.79 Å². The molecular formula is C12H12O5. The Balaban J connectivity index is 2.33. The fourth-order valence-electron chi connectivity index (χ4n) is 1.52. The summed E-state index contributed by atoms with van der Waals surface area (Å²) < 4.78 is 15.3. The summed E-state index contributed by atoms with van der Waals surface area (Å²) in [5, 5.41) is 9.79. The predicted molar refractivity (Wildman–Crippen MR) is 60.1 cm³/mol. The molecule has 5 heteroatoms. The van der Waals surface area contributed by atoms with Crippen molar-refractivity contribution in [3.05, 3.63) is 23.3 Å². The molecule has 0 aliphatic carbocycles. The first-order valence-electron chi connectivity index (χ1n) is 5.02. The number of hydrogen-bond acceptors (Lipinski definition) is 5. The number of hydrogen-bond donors (Lipinski definition) is 1. The Morgan fingerprint density at radius 2 is 2.35 bits per heavy atom. The normalized spacial score (nSPS) is 13.4. The summed E-state index contributed by atoms with van der Waals surface area (Å²) in [4.78, 5) is 10.6. The Morgan fingerprint density at radius 1 is 1.53 bits per heavy atom. The maximum absolute atomic E-state index is 10.6. The third-order valence-electron chi connectivity index (χ3n) is 2.31. The van der Waals surface area contributed by atoms with Crippen molar-refractivity contribution < 1.29 is 24.1 Å². The molecule has 1 N–H and O–H groups in total. The zero-order valence-electron chi connectivity index (χ0n) is 9.30. The summed E-state index contributed by atoms with van der Waals surface area (Å²) in [5.74, 6) is 0.945. The minimum absolute atomic E-state index is 0.00709. The molecular weight excluding hydrogens is 224 g/mol. The maximum Gasteiger partial charge on any atom is 0.188 e. The molecule has 90 valence electrons. The Kier molecular flexibility index (Phi) is 3.30. The largest absolute Gasteiger partial charge is 0.507 e. The monoisotopic (exact) mass is 236 g/mol. The molecule has 1 heterocycles. The van der Waals surface area contributed by atoms with Crippen molar-refractivity contribution in [2.24, 2.45) is 0 Å². The van der Waals surface area contributed by atoms with Crippen LogP contribution in [0.4, 0.5) is 0 Å². The summed E-state index contributed by atoms with van der Waals surface area (Å²) in [5.41, 5.74) is 0.974. The number of ether oxygens (including phenoxy) is 3. The van der Waals surface area contributed by atoms with E-state index in [0.29, 0.717) is 28.9 Å². The molecule has 0 radical (unpaired) electrons. The third kappa shape index (κ3) is 2.39. The van der Waals surface area contributed by atoms with Crippen LogP contribution in [-0.4, -0.2) is 31.9 Å². The first kappa shape index (κ1) is 11.5. The summed E-state index contributed by atoms with van der Waals surface area (Å²) in [7, 11) is 1.51. The van der Waals surface area contributed by atoms with Gasteiger partial charge in [0.1, 0.15) is 30.1 Å². The highest BCUT2D eigenvalue weighted by atomic mass is 16.7. The summed E-state index contributed by atoms with van der Waals surface area (Å²) in [6.45, 7) is 0.289. The minimum atomic E-state index is 0.00709. The molecule has 1 aliphatic rings. The number of benzene rings is 1. The lowest BCUT2D eigenvalue weighted by molar-refractivity contribution is -0.105. The van der Waals surface area contributed by atoms with Crippen molar-refractivity contribution >= 4 is 12.4 Å². The van der Waals surface area contributed by atoms with E-state index >= 15 is 0 Å². The number of aromatic hydroxyl groups is 1. The van der Waals surface area contributed by atoms with Crippen LogP contribution >= 0.6 is 0 Å². The molecule has 5 nitrogen and oxygen atoms in total. The number of aldehydes is 1. The topological polar surface area (TPSA) is 65.0 Å². The van der Waals surface area contributed by atoms with Gasteiger partial charge >= 0.3 is 0 Å². The second-order valence-corrected chi connectivity index (χ2v) is 3.53. The van der Waals surface area contributed by atoms with E-state index in [1.165, 1.54) is 13.2 Å². The SMILES string of the molecule is COCOc1cc(O)c2c(c1)OCC(C=O)=C2. The maximum atomic E-state index is 10.6. The second kappa shape index (κ2) is 4.88. The molecule has 0 spiro atoms. The Labute approximate surface area is 98.2 Å². The van der Waals surface area contributed by atoms with Crippen LogP contribution in [0.5, 0.6) is 17.2 Å². The van der Waals surface area contributed by atoms with Crippen LogP contribution < -0.4 is 9.47 Å². The van der Waals surface area contributed by atoms with Crippen LogP contribution in [-0.2, 0) is 9.53 Å². The van der Waals surface area contributed by atoms with Crippen LogP contribution in [0, 0.1) is 0 Å². The van der Waals surface area contributed by atoms with E-state index in [1.54, 1.807) is 12.1 Å². The first-order valence-corrected chi connectivity index (χ1v) is 5.02. The average Bonchev–Trinajstić information content (AvgIpc) is 2.36.